The van der Waals surface area contributed by atoms with Crippen LogP contribution in [0.4, 0.5) is 11.8 Å². The van der Waals surface area contributed by atoms with Crippen LogP contribution in [0.3, 0.4) is 0 Å². The molecule has 2 aromatic heterocycles. The van der Waals surface area contributed by atoms with E-state index in [1.807, 2.05) is 0 Å². The van der Waals surface area contributed by atoms with Crippen molar-refractivity contribution in [2.24, 2.45) is 0 Å². The van der Waals surface area contributed by atoms with Gasteiger partial charge in [-0.05, 0) is 26.0 Å². The van der Waals surface area contributed by atoms with Crippen molar-refractivity contribution in [3.05, 3.63) is 29.2 Å². The van der Waals surface area contributed by atoms with E-state index in [4.69, 9.17) is 10.3 Å². The second kappa shape index (κ2) is 4.20. The number of rotatable bonds is 2. The summed E-state index contributed by atoms with van der Waals surface area (Å²) in [5, 5.41) is 6.03. The first-order valence-corrected chi connectivity index (χ1v) is 4.90. The zero-order valence-electron chi connectivity index (χ0n) is 9.39. The highest BCUT2D eigenvalue weighted by molar-refractivity contribution is 6.03. The topological polar surface area (TPSA) is 107 Å². The van der Waals surface area contributed by atoms with Crippen molar-refractivity contribution in [1.29, 1.82) is 0 Å². The van der Waals surface area contributed by atoms with E-state index in [0.29, 0.717) is 17.1 Å². The van der Waals surface area contributed by atoms with Crippen molar-refractivity contribution in [2.75, 3.05) is 11.1 Å². The molecule has 0 unspecified atom stereocenters. The number of hydrogen-bond donors (Lipinski definition) is 2. The summed E-state index contributed by atoms with van der Waals surface area (Å²) in [7, 11) is 0. The summed E-state index contributed by atoms with van der Waals surface area (Å²) in [5.74, 6) is 0.369. The Morgan fingerprint density at radius 2 is 2.12 bits per heavy atom. The van der Waals surface area contributed by atoms with Gasteiger partial charge in [0.15, 0.2) is 5.82 Å². The summed E-state index contributed by atoms with van der Waals surface area (Å²) in [6, 6.07) is 3.15. The van der Waals surface area contributed by atoms with E-state index in [0.717, 1.165) is 0 Å². The second-order valence-electron chi connectivity index (χ2n) is 3.52. The van der Waals surface area contributed by atoms with E-state index < -0.39 is 0 Å². The molecule has 2 rings (SSSR count). The van der Waals surface area contributed by atoms with Crippen LogP contribution in [0.5, 0.6) is 0 Å². The van der Waals surface area contributed by atoms with Crippen molar-refractivity contribution in [3.63, 3.8) is 0 Å². The number of anilines is 2. The van der Waals surface area contributed by atoms with Crippen LogP contribution in [-0.2, 0) is 0 Å². The first-order chi connectivity index (χ1) is 8.04. The van der Waals surface area contributed by atoms with E-state index in [9.17, 15) is 4.79 Å². The van der Waals surface area contributed by atoms with E-state index in [-0.39, 0.29) is 17.7 Å². The smallest absolute Gasteiger partial charge is 0.328 e. The molecule has 0 atom stereocenters. The van der Waals surface area contributed by atoms with Crippen LogP contribution < -0.4 is 11.1 Å². The molecule has 17 heavy (non-hydrogen) atoms. The number of nitrogens with two attached hydrogens (primary N) is 1. The molecule has 0 aliphatic carbocycles. The molecule has 2 heterocycles. The number of aryl methyl sites for hydroxylation is 2. The molecular weight excluding hydrogens is 222 g/mol. The fourth-order valence-corrected chi connectivity index (χ4v) is 1.34. The van der Waals surface area contributed by atoms with Gasteiger partial charge < -0.3 is 10.3 Å². The molecule has 0 aliphatic rings. The van der Waals surface area contributed by atoms with E-state index in [1.165, 1.54) is 6.07 Å². The lowest BCUT2D eigenvalue weighted by Gasteiger charge is -2.02. The molecule has 0 bridgehead atoms. The maximum absolute atomic E-state index is 11.8. The van der Waals surface area contributed by atoms with Crippen LogP contribution in [0, 0.1) is 13.8 Å². The van der Waals surface area contributed by atoms with Gasteiger partial charge in [-0.15, -0.1) is 0 Å². The van der Waals surface area contributed by atoms with E-state index in [2.05, 4.69) is 20.4 Å². The number of nitrogen functional groups attached to an aromatic ring is 1. The van der Waals surface area contributed by atoms with Gasteiger partial charge in [0.05, 0.1) is 0 Å². The van der Waals surface area contributed by atoms with Gasteiger partial charge >= 0.3 is 6.01 Å². The number of nitrogens with one attached hydrogen (secondary N) is 1. The number of nitrogens with zero attached hydrogens (tertiary/aromatic N) is 3. The molecule has 1 amide bonds. The monoisotopic (exact) mass is 233 g/mol. The molecular formula is C10H11N5O2. The van der Waals surface area contributed by atoms with Gasteiger partial charge in [0, 0.05) is 11.3 Å². The van der Waals surface area contributed by atoms with Crippen LogP contribution in [0.15, 0.2) is 16.7 Å². The van der Waals surface area contributed by atoms with Gasteiger partial charge in [-0.1, -0.05) is 5.16 Å². The third-order valence-electron chi connectivity index (χ3n) is 1.98. The predicted molar refractivity (Wildman–Crippen MR) is 60.4 cm³/mol. The van der Waals surface area contributed by atoms with Gasteiger partial charge in [-0.3, -0.25) is 10.1 Å². The van der Waals surface area contributed by atoms with Crippen LogP contribution in [0.2, 0.25) is 0 Å². The molecule has 0 saturated carbocycles. The Bertz CT molecular complexity index is 543. The number of aromatic nitrogens is 3. The van der Waals surface area contributed by atoms with Gasteiger partial charge in [0.2, 0.25) is 0 Å². The SMILES string of the molecule is Cc1cc(C(=O)Nc2nc(C)no2)cc(N)n1. The normalized spacial score (nSPS) is 10.2. The molecule has 7 nitrogen and oxygen atoms in total. The number of hydrogen-bond acceptors (Lipinski definition) is 6. The zero-order chi connectivity index (χ0) is 12.4. The molecule has 7 heteroatoms. The highest BCUT2D eigenvalue weighted by Crippen LogP contribution is 2.10. The van der Waals surface area contributed by atoms with Crippen molar-refractivity contribution in [2.45, 2.75) is 13.8 Å². The Morgan fingerprint density at radius 1 is 1.35 bits per heavy atom. The summed E-state index contributed by atoms with van der Waals surface area (Å²) in [4.78, 5) is 19.6. The molecule has 0 radical (unpaired) electrons. The average molecular weight is 233 g/mol. The Morgan fingerprint density at radius 3 is 2.71 bits per heavy atom. The zero-order valence-corrected chi connectivity index (χ0v) is 9.39. The molecule has 3 N–H and O–H groups in total. The summed E-state index contributed by atoms with van der Waals surface area (Å²) in [6.45, 7) is 3.41. The summed E-state index contributed by atoms with van der Waals surface area (Å²) in [6.07, 6.45) is 0. The Hall–Kier alpha value is -2.44. The molecule has 2 aromatic rings. The fourth-order valence-electron chi connectivity index (χ4n) is 1.34. The molecule has 0 spiro atoms. The van der Waals surface area contributed by atoms with E-state index in [1.54, 1.807) is 19.9 Å². The maximum Gasteiger partial charge on any atom is 0.328 e. The Kier molecular flexibility index (Phi) is 2.73. The van der Waals surface area contributed by atoms with Crippen molar-refractivity contribution < 1.29 is 9.32 Å². The first kappa shape index (κ1) is 11.1. The highest BCUT2D eigenvalue weighted by atomic mass is 16.5. The van der Waals surface area contributed by atoms with Crippen LogP contribution in [0.25, 0.3) is 0 Å². The lowest BCUT2D eigenvalue weighted by Crippen LogP contribution is -2.13. The first-order valence-electron chi connectivity index (χ1n) is 4.90. The molecule has 0 saturated heterocycles. The lowest BCUT2D eigenvalue weighted by molar-refractivity contribution is 0.102. The summed E-state index contributed by atoms with van der Waals surface area (Å²) < 4.78 is 4.78. The summed E-state index contributed by atoms with van der Waals surface area (Å²) in [5.41, 5.74) is 6.61. The predicted octanol–water partition coefficient (Wildman–Crippen LogP) is 0.916. The Labute approximate surface area is 97.0 Å². The van der Waals surface area contributed by atoms with Crippen LogP contribution in [0.1, 0.15) is 21.9 Å². The van der Waals surface area contributed by atoms with Crippen molar-refractivity contribution in [1.82, 2.24) is 15.1 Å². The van der Waals surface area contributed by atoms with Gasteiger partial charge in [-0.25, -0.2) is 4.98 Å². The minimum Gasteiger partial charge on any atom is -0.384 e. The van der Waals surface area contributed by atoms with Crippen LogP contribution in [-0.4, -0.2) is 21.0 Å². The average Bonchev–Trinajstić information content (AvgIpc) is 2.62. The number of carbonyl (C=O) groups excluding carboxylic acids is 1. The Balaban J connectivity index is 2.19. The van der Waals surface area contributed by atoms with Crippen LogP contribution >= 0.6 is 0 Å². The van der Waals surface area contributed by atoms with Crippen molar-refractivity contribution in [3.8, 4) is 0 Å². The standard InChI is InChI=1S/C10H11N5O2/c1-5-3-7(4-8(11)12-5)9(16)14-10-13-6(2)15-17-10/h3-4H,1-2H3,(H2,11,12)(H,13,14,15,16). The molecule has 0 fully saturated rings. The number of carbonyl (C=O) groups is 1. The fraction of sp³-hybridized carbons (Fsp3) is 0.200. The molecule has 88 valence electrons. The minimum absolute atomic E-state index is 0.0561. The number of pyridine rings is 1. The minimum atomic E-state index is -0.370. The molecule has 0 aromatic carbocycles. The van der Waals surface area contributed by atoms with Gasteiger partial charge in [0.25, 0.3) is 5.91 Å². The van der Waals surface area contributed by atoms with E-state index >= 15 is 0 Å². The quantitative estimate of drug-likeness (QED) is 0.798. The maximum atomic E-state index is 11.8. The largest absolute Gasteiger partial charge is 0.384 e. The molecule has 0 aliphatic heterocycles. The number of amides is 1. The third kappa shape index (κ3) is 2.57. The summed E-state index contributed by atoms with van der Waals surface area (Å²) >= 11 is 0. The lowest BCUT2D eigenvalue weighted by atomic mass is 10.2. The van der Waals surface area contributed by atoms with Crippen molar-refractivity contribution >= 4 is 17.7 Å². The highest BCUT2D eigenvalue weighted by Gasteiger charge is 2.11. The third-order valence-corrected chi connectivity index (χ3v) is 1.98. The van der Waals surface area contributed by atoms with Gasteiger partial charge in [-0.2, -0.15) is 4.98 Å². The second-order valence-corrected chi connectivity index (χ2v) is 3.52. The van der Waals surface area contributed by atoms with Gasteiger partial charge in [0.1, 0.15) is 5.82 Å².